The molecule has 0 unspecified atom stereocenters. The van der Waals surface area contributed by atoms with E-state index >= 15 is 0 Å². The summed E-state index contributed by atoms with van der Waals surface area (Å²) in [7, 11) is 0. The van der Waals surface area contributed by atoms with Crippen LogP contribution in [0.1, 0.15) is 0 Å². The maximum absolute atomic E-state index is 11.9. The SMILES string of the molecule is O=c1c(-c2ccsc2)c(-c2ccc3c(c2)OCO3)c1=O. The second-order valence-electron chi connectivity index (χ2n) is 4.49. The van der Waals surface area contributed by atoms with Crippen molar-refractivity contribution in [3.05, 3.63) is 55.5 Å². The van der Waals surface area contributed by atoms with E-state index in [-0.39, 0.29) is 6.79 Å². The molecule has 1 aromatic heterocycles. The van der Waals surface area contributed by atoms with Crippen LogP contribution in [0.5, 0.6) is 11.5 Å². The first-order valence-corrected chi connectivity index (χ1v) is 6.96. The lowest BCUT2D eigenvalue weighted by atomic mass is 9.90. The zero-order valence-corrected chi connectivity index (χ0v) is 11.0. The molecule has 2 aromatic carbocycles. The summed E-state index contributed by atoms with van der Waals surface area (Å²) in [5.41, 5.74) is 1.59. The molecule has 20 heavy (non-hydrogen) atoms. The van der Waals surface area contributed by atoms with Crippen LogP contribution in [-0.2, 0) is 0 Å². The fourth-order valence-corrected chi connectivity index (χ4v) is 3.05. The van der Waals surface area contributed by atoms with Crippen LogP contribution < -0.4 is 20.3 Å². The van der Waals surface area contributed by atoms with Gasteiger partial charge in [-0.2, -0.15) is 11.3 Å². The first-order chi connectivity index (χ1) is 9.75. The minimum atomic E-state index is -0.440. The first kappa shape index (κ1) is 11.4. The van der Waals surface area contributed by atoms with Crippen LogP contribution in [0.15, 0.2) is 44.6 Å². The van der Waals surface area contributed by atoms with Crippen molar-refractivity contribution < 1.29 is 9.47 Å². The summed E-state index contributed by atoms with van der Waals surface area (Å²) < 4.78 is 10.6. The average Bonchev–Trinajstić information content (AvgIpc) is 3.13. The molecule has 98 valence electrons. The Morgan fingerprint density at radius 3 is 2.40 bits per heavy atom. The van der Waals surface area contributed by atoms with Crippen LogP contribution in [0.2, 0.25) is 0 Å². The van der Waals surface area contributed by atoms with Crippen LogP contribution in [0, 0.1) is 0 Å². The van der Waals surface area contributed by atoms with Crippen molar-refractivity contribution in [3.63, 3.8) is 0 Å². The molecule has 4 nitrogen and oxygen atoms in total. The molecule has 0 bridgehead atoms. The Balaban J connectivity index is 1.90. The number of benzene rings is 1. The Kier molecular flexibility index (Phi) is 2.31. The predicted octanol–water partition coefficient (Wildman–Crippen LogP) is 2.41. The summed E-state index contributed by atoms with van der Waals surface area (Å²) in [6.45, 7) is 0.183. The maximum atomic E-state index is 11.9. The second-order valence-corrected chi connectivity index (χ2v) is 5.27. The molecule has 0 aliphatic carbocycles. The van der Waals surface area contributed by atoms with Crippen LogP contribution in [0.25, 0.3) is 22.3 Å². The molecular formula is C15H8O4S. The van der Waals surface area contributed by atoms with Crippen LogP contribution >= 0.6 is 11.3 Å². The van der Waals surface area contributed by atoms with E-state index in [9.17, 15) is 9.59 Å². The highest BCUT2D eigenvalue weighted by molar-refractivity contribution is 7.08. The van der Waals surface area contributed by atoms with Gasteiger partial charge in [-0.05, 0) is 40.1 Å². The molecule has 4 rings (SSSR count). The van der Waals surface area contributed by atoms with Gasteiger partial charge in [0.25, 0.3) is 0 Å². The van der Waals surface area contributed by atoms with E-state index in [1.54, 1.807) is 18.2 Å². The van der Waals surface area contributed by atoms with E-state index in [1.165, 1.54) is 11.3 Å². The van der Waals surface area contributed by atoms with Crippen molar-refractivity contribution >= 4 is 11.3 Å². The van der Waals surface area contributed by atoms with Crippen LogP contribution in [-0.4, -0.2) is 6.79 Å². The Labute approximate surface area is 117 Å². The number of hydrogen-bond acceptors (Lipinski definition) is 5. The van der Waals surface area contributed by atoms with E-state index in [0.29, 0.717) is 28.2 Å². The number of thiophene rings is 1. The minimum Gasteiger partial charge on any atom is -0.454 e. The third-order valence-electron chi connectivity index (χ3n) is 3.38. The highest BCUT2D eigenvalue weighted by Crippen LogP contribution is 2.37. The Morgan fingerprint density at radius 2 is 1.65 bits per heavy atom. The monoisotopic (exact) mass is 284 g/mol. The molecule has 0 fully saturated rings. The summed E-state index contributed by atoms with van der Waals surface area (Å²) in [5.74, 6) is 1.26. The molecule has 0 amide bonds. The molecule has 1 aliphatic rings. The third kappa shape index (κ3) is 1.47. The Bertz CT molecular complexity index is 870. The Morgan fingerprint density at radius 1 is 0.900 bits per heavy atom. The van der Waals surface area contributed by atoms with Crippen molar-refractivity contribution in [1.29, 1.82) is 0 Å². The Hall–Kier alpha value is -2.40. The van der Waals surface area contributed by atoms with Gasteiger partial charge >= 0.3 is 0 Å². The fraction of sp³-hybridized carbons (Fsp3) is 0.0667. The molecule has 5 heteroatoms. The van der Waals surface area contributed by atoms with Crippen molar-refractivity contribution in [1.82, 2.24) is 0 Å². The zero-order chi connectivity index (χ0) is 13.7. The minimum absolute atomic E-state index is 0.183. The molecule has 3 aromatic rings. The van der Waals surface area contributed by atoms with Crippen LogP contribution in [0.3, 0.4) is 0 Å². The van der Waals surface area contributed by atoms with Gasteiger partial charge in [-0.25, -0.2) is 0 Å². The highest BCUT2D eigenvalue weighted by Gasteiger charge is 2.25. The molecule has 0 atom stereocenters. The molecule has 2 heterocycles. The fourth-order valence-electron chi connectivity index (χ4n) is 2.40. The van der Waals surface area contributed by atoms with Gasteiger partial charge in [-0.15, -0.1) is 0 Å². The van der Waals surface area contributed by atoms with Gasteiger partial charge in [0, 0.05) is 11.1 Å². The highest BCUT2D eigenvalue weighted by atomic mass is 32.1. The van der Waals surface area contributed by atoms with Gasteiger partial charge in [0.15, 0.2) is 11.5 Å². The van der Waals surface area contributed by atoms with E-state index in [0.717, 1.165) is 5.56 Å². The van der Waals surface area contributed by atoms with Gasteiger partial charge in [0.1, 0.15) is 0 Å². The molecule has 0 saturated heterocycles. The van der Waals surface area contributed by atoms with Gasteiger partial charge in [-0.1, -0.05) is 6.07 Å². The molecular weight excluding hydrogens is 276 g/mol. The number of hydrogen-bond donors (Lipinski definition) is 0. The lowest BCUT2D eigenvalue weighted by molar-refractivity contribution is 0.174. The maximum Gasteiger partial charge on any atom is 0.234 e. The smallest absolute Gasteiger partial charge is 0.234 e. The van der Waals surface area contributed by atoms with E-state index < -0.39 is 10.9 Å². The quantitative estimate of drug-likeness (QED) is 0.678. The summed E-state index contributed by atoms with van der Waals surface area (Å²) in [5, 5.41) is 3.75. The summed E-state index contributed by atoms with van der Waals surface area (Å²) >= 11 is 1.50. The van der Waals surface area contributed by atoms with Crippen molar-refractivity contribution in [2.45, 2.75) is 0 Å². The largest absolute Gasteiger partial charge is 0.454 e. The van der Waals surface area contributed by atoms with Crippen molar-refractivity contribution in [2.24, 2.45) is 0 Å². The lowest BCUT2D eigenvalue weighted by Crippen LogP contribution is -2.34. The van der Waals surface area contributed by atoms with Gasteiger partial charge in [0.05, 0.1) is 0 Å². The molecule has 1 aliphatic heterocycles. The zero-order valence-electron chi connectivity index (χ0n) is 10.2. The topological polar surface area (TPSA) is 52.6 Å². The van der Waals surface area contributed by atoms with E-state index in [1.807, 2.05) is 16.8 Å². The van der Waals surface area contributed by atoms with Crippen LogP contribution in [0.4, 0.5) is 0 Å². The normalized spacial score (nSPS) is 13.0. The summed E-state index contributed by atoms with van der Waals surface area (Å²) in [6.07, 6.45) is 0. The number of ether oxygens (including phenoxy) is 2. The summed E-state index contributed by atoms with van der Waals surface area (Å²) in [6, 6.07) is 7.12. The average molecular weight is 284 g/mol. The molecule has 0 saturated carbocycles. The van der Waals surface area contributed by atoms with E-state index in [2.05, 4.69) is 0 Å². The molecule has 0 radical (unpaired) electrons. The standard InChI is InChI=1S/C15H8O4S/c16-14-12(13(15(14)17)9-3-4-20-6-9)8-1-2-10-11(5-8)19-7-18-10/h1-6H,7H2. The van der Waals surface area contributed by atoms with Gasteiger partial charge in [-0.3, -0.25) is 9.59 Å². The molecule has 0 spiro atoms. The molecule has 0 N–H and O–H groups in total. The first-order valence-electron chi connectivity index (χ1n) is 6.01. The van der Waals surface area contributed by atoms with Gasteiger partial charge in [0.2, 0.25) is 17.7 Å². The van der Waals surface area contributed by atoms with Crippen molar-refractivity contribution in [2.75, 3.05) is 6.79 Å². The van der Waals surface area contributed by atoms with Crippen molar-refractivity contribution in [3.8, 4) is 33.8 Å². The lowest BCUT2D eigenvalue weighted by Gasteiger charge is -2.10. The predicted molar refractivity (Wildman–Crippen MR) is 76.2 cm³/mol. The second kappa shape index (κ2) is 4.05. The summed E-state index contributed by atoms with van der Waals surface area (Å²) in [4.78, 5) is 23.7. The van der Waals surface area contributed by atoms with E-state index in [4.69, 9.17) is 9.47 Å². The van der Waals surface area contributed by atoms with Gasteiger partial charge < -0.3 is 9.47 Å². The third-order valence-corrected chi connectivity index (χ3v) is 4.06. The number of fused-ring (bicyclic) bond motifs is 1. The number of rotatable bonds is 2.